The van der Waals surface area contributed by atoms with Crippen molar-refractivity contribution in [1.29, 1.82) is 0 Å². The summed E-state index contributed by atoms with van der Waals surface area (Å²) in [4.78, 5) is 0. The molecular weight excluding hydrogens is 205 g/mol. The van der Waals surface area contributed by atoms with E-state index in [1.54, 1.807) is 6.92 Å². The van der Waals surface area contributed by atoms with Gasteiger partial charge >= 0.3 is 6.18 Å². The van der Waals surface area contributed by atoms with Crippen molar-refractivity contribution in [3.8, 4) is 11.8 Å². The normalized spacial score (nSPS) is 30.9. The van der Waals surface area contributed by atoms with Gasteiger partial charge in [-0.2, -0.15) is 13.2 Å². The molecule has 84 valence electrons. The van der Waals surface area contributed by atoms with E-state index in [4.69, 9.17) is 0 Å². The molecule has 0 aromatic carbocycles. The Hall–Kier alpha value is -0.950. The van der Waals surface area contributed by atoms with Gasteiger partial charge in [-0.05, 0) is 19.8 Å². The van der Waals surface area contributed by atoms with Crippen LogP contribution in [0.25, 0.3) is 0 Å². The molecule has 0 fully saturated rings. The van der Waals surface area contributed by atoms with Crippen molar-refractivity contribution >= 4 is 0 Å². The van der Waals surface area contributed by atoms with Crippen LogP contribution in [-0.2, 0) is 0 Å². The molecule has 1 nitrogen and oxygen atoms in total. The zero-order valence-corrected chi connectivity index (χ0v) is 8.43. The minimum atomic E-state index is -4.20. The van der Waals surface area contributed by atoms with Gasteiger partial charge in [0.15, 0.2) is 0 Å². The second kappa shape index (κ2) is 4.28. The summed E-state index contributed by atoms with van der Waals surface area (Å²) >= 11 is 0. The highest BCUT2D eigenvalue weighted by molar-refractivity contribution is 5.14. The SMILES string of the molecule is CC#CCC1(O)C=CC(C(F)(F)F)CC1. The van der Waals surface area contributed by atoms with Crippen molar-refractivity contribution < 1.29 is 18.3 Å². The molecule has 0 saturated heterocycles. The van der Waals surface area contributed by atoms with E-state index in [1.807, 2.05) is 0 Å². The van der Waals surface area contributed by atoms with E-state index < -0.39 is 17.7 Å². The molecule has 0 aromatic heterocycles. The van der Waals surface area contributed by atoms with Gasteiger partial charge < -0.3 is 5.11 Å². The van der Waals surface area contributed by atoms with E-state index in [0.29, 0.717) is 0 Å². The molecule has 15 heavy (non-hydrogen) atoms. The van der Waals surface area contributed by atoms with E-state index in [-0.39, 0.29) is 19.3 Å². The molecule has 0 radical (unpaired) electrons. The number of hydrogen-bond acceptors (Lipinski definition) is 1. The summed E-state index contributed by atoms with van der Waals surface area (Å²) in [6.07, 6.45) is -1.68. The minimum Gasteiger partial charge on any atom is -0.385 e. The summed E-state index contributed by atoms with van der Waals surface area (Å²) in [5, 5.41) is 9.83. The summed E-state index contributed by atoms with van der Waals surface area (Å²) < 4.78 is 36.9. The minimum absolute atomic E-state index is 0.0676. The predicted molar refractivity (Wildman–Crippen MR) is 50.9 cm³/mol. The summed E-state index contributed by atoms with van der Waals surface area (Å²) in [5.41, 5.74) is -1.18. The van der Waals surface area contributed by atoms with Crippen molar-refractivity contribution in [2.24, 2.45) is 5.92 Å². The lowest BCUT2D eigenvalue weighted by atomic mass is 9.83. The number of hydrogen-bond donors (Lipinski definition) is 1. The van der Waals surface area contributed by atoms with E-state index in [1.165, 1.54) is 6.08 Å². The molecule has 0 aromatic rings. The van der Waals surface area contributed by atoms with Crippen molar-refractivity contribution in [2.75, 3.05) is 0 Å². The van der Waals surface area contributed by atoms with Crippen LogP contribution >= 0.6 is 0 Å². The Balaban J connectivity index is 2.67. The van der Waals surface area contributed by atoms with Crippen molar-refractivity contribution in [3.05, 3.63) is 12.2 Å². The van der Waals surface area contributed by atoms with Crippen LogP contribution in [0.3, 0.4) is 0 Å². The van der Waals surface area contributed by atoms with Crippen LogP contribution in [0.2, 0.25) is 0 Å². The average Bonchev–Trinajstić information content (AvgIpc) is 2.14. The van der Waals surface area contributed by atoms with Gasteiger partial charge in [-0.1, -0.05) is 12.2 Å². The van der Waals surface area contributed by atoms with Gasteiger partial charge in [-0.15, -0.1) is 11.8 Å². The third-order valence-electron chi connectivity index (χ3n) is 2.52. The van der Waals surface area contributed by atoms with Crippen molar-refractivity contribution in [3.63, 3.8) is 0 Å². The van der Waals surface area contributed by atoms with E-state index in [0.717, 1.165) is 6.08 Å². The average molecular weight is 218 g/mol. The Labute approximate surface area is 87.0 Å². The fourth-order valence-corrected chi connectivity index (χ4v) is 1.54. The maximum atomic E-state index is 12.3. The predicted octanol–water partition coefficient (Wildman–Crippen LogP) is 2.66. The van der Waals surface area contributed by atoms with Gasteiger partial charge in [0.25, 0.3) is 0 Å². The van der Waals surface area contributed by atoms with Gasteiger partial charge in [-0.25, -0.2) is 0 Å². The summed E-state index contributed by atoms with van der Waals surface area (Å²) in [6.45, 7) is 1.63. The monoisotopic (exact) mass is 218 g/mol. The molecule has 2 unspecified atom stereocenters. The van der Waals surface area contributed by atoms with Crippen molar-refractivity contribution in [2.45, 2.75) is 38.0 Å². The number of aliphatic hydroxyl groups is 1. The van der Waals surface area contributed by atoms with Crippen LogP contribution in [-0.4, -0.2) is 16.9 Å². The van der Waals surface area contributed by atoms with Gasteiger partial charge in [0.1, 0.15) is 0 Å². The number of alkyl halides is 3. The quantitative estimate of drug-likeness (QED) is 0.530. The molecule has 0 heterocycles. The van der Waals surface area contributed by atoms with E-state index in [2.05, 4.69) is 11.8 Å². The fourth-order valence-electron chi connectivity index (χ4n) is 1.54. The Bertz CT molecular complexity index is 308. The highest BCUT2D eigenvalue weighted by Gasteiger charge is 2.41. The molecule has 1 rings (SSSR count). The largest absolute Gasteiger partial charge is 0.395 e. The molecular formula is C11H13F3O. The molecule has 0 saturated carbocycles. The van der Waals surface area contributed by atoms with Crippen LogP contribution in [0.15, 0.2) is 12.2 Å². The first-order chi connectivity index (χ1) is 6.87. The van der Waals surface area contributed by atoms with Gasteiger partial charge in [0.2, 0.25) is 0 Å². The zero-order chi connectivity index (χ0) is 11.5. The van der Waals surface area contributed by atoms with Crippen LogP contribution in [0.5, 0.6) is 0 Å². The second-order valence-electron chi connectivity index (χ2n) is 3.75. The Morgan fingerprint density at radius 1 is 1.53 bits per heavy atom. The number of rotatable bonds is 1. The Kier molecular flexibility index (Phi) is 3.46. The van der Waals surface area contributed by atoms with E-state index in [9.17, 15) is 18.3 Å². The molecule has 2 atom stereocenters. The maximum Gasteiger partial charge on any atom is 0.395 e. The summed E-state index contributed by atoms with van der Waals surface area (Å²) in [6, 6.07) is 0. The highest BCUT2D eigenvalue weighted by Crippen LogP contribution is 2.37. The van der Waals surface area contributed by atoms with Crippen LogP contribution in [0.4, 0.5) is 13.2 Å². The summed E-state index contributed by atoms with van der Waals surface area (Å²) in [5.74, 6) is 3.87. The lowest BCUT2D eigenvalue weighted by Gasteiger charge is -2.30. The Morgan fingerprint density at radius 2 is 2.20 bits per heavy atom. The van der Waals surface area contributed by atoms with E-state index >= 15 is 0 Å². The highest BCUT2D eigenvalue weighted by atomic mass is 19.4. The maximum absolute atomic E-state index is 12.3. The van der Waals surface area contributed by atoms with Gasteiger partial charge in [0.05, 0.1) is 11.5 Å². The molecule has 1 N–H and O–H groups in total. The molecule has 0 amide bonds. The van der Waals surface area contributed by atoms with Crippen LogP contribution in [0, 0.1) is 17.8 Å². The number of halogens is 3. The second-order valence-corrected chi connectivity index (χ2v) is 3.75. The standard InChI is InChI=1S/C11H13F3O/c1-2-3-6-10(15)7-4-9(5-8-10)11(12,13)14/h4,7,9,15H,5-6,8H2,1H3. The van der Waals surface area contributed by atoms with Crippen LogP contribution < -0.4 is 0 Å². The smallest absolute Gasteiger partial charge is 0.385 e. The summed E-state index contributed by atoms with van der Waals surface area (Å²) in [7, 11) is 0. The fraction of sp³-hybridized carbons (Fsp3) is 0.636. The van der Waals surface area contributed by atoms with Crippen molar-refractivity contribution in [1.82, 2.24) is 0 Å². The first kappa shape index (κ1) is 12.1. The number of allylic oxidation sites excluding steroid dienone is 1. The lowest BCUT2D eigenvalue weighted by Crippen LogP contribution is -2.33. The first-order valence-electron chi connectivity index (χ1n) is 4.75. The third-order valence-corrected chi connectivity index (χ3v) is 2.52. The Morgan fingerprint density at radius 3 is 2.60 bits per heavy atom. The lowest BCUT2D eigenvalue weighted by molar-refractivity contribution is -0.166. The first-order valence-corrected chi connectivity index (χ1v) is 4.75. The van der Waals surface area contributed by atoms with Gasteiger partial charge in [-0.3, -0.25) is 0 Å². The molecule has 1 aliphatic rings. The zero-order valence-electron chi connectivity index (χ0n) is 8.43. The topological polar surface area (TPSA) is 20.2 Å². The molecule has 4 heteroatoms. The molecule has 0 bridgehead atoms. The van der Waals surface area contributed by atoms with Crippen LogP contribution in [0.1, 0.15) is 26.2 Å². The molecule has 1 aliphatic carbocycles. The molecule has 0 aliphatic heterocycles. The third kappa shape index (κ3) is 3.28. The molecule has 0 spiro atoms. The van der Waals surface area contributed by atoms with Gasteiger partial charge in [0, 0.05) is 6.42 Å².